The molecule has 6 amide bonds. The molecule has 1 fully saturated rings. The summed E-state index contributed by atoms with van der Waals surface area (Å²) in [4.78, 5) is 70.9. The fourth-order valence-electron chi connectivity index (χ4n) is 3.77. The number of amides is 6. The van der Waals surface area contributed by atoms with Crippen LogP contribution in [-0.4, -0.2) is 41.5 Å². The molecular formula is C26H29N5O6. The molecule has 6 N–H and O–H groups in total. The van der Waals surface area contributed by atoms with Crippen LogP contribution in [-0.2, 0) is 19.2 Å². The van der Waals surface area contributed by atoms with Crippen molar-refractivity contribution < 1.29 is 28.8 Å². The van der Waals surface area contributed by atoms with E-state index in [0.717, 1.165) is 12.8 Å². The van der Waals surface area contributed by atoms with Crippen LogP contribution in [0.1, 0.15) is 65.7 Å². The Morgan fingerprint density at radius 1 is 0.811 bits per heavy atom. The van der Waals surface area contributed by atoms with Gasteiger partial charge in [-0.15, -0.1) is 0 Å². The van der Waals surface area contributed by atoms with Gasteiger partial charge in [0.15, 0.2) is 0 Å². The standard InChI is InChI=1S/C26H29N5O6/c27-24(35)16-7-5-9-18(13-16)28-21(32)11-3-1-2-4-12-22(33)29-19-10-6-8-17(14-19)25(36)30-20-15-23(34)31-26(20)37/h5-10,13-14,20H,1-4,11-12,15H2,(H2,27,35)(H,28,32)(H,29,33)(H,30,36)(H,31,34,37)/t20-/m0/s1. The molecule has 0 bridgehead atoms. The Bertz CT molecular complexity index is 1210. The van der Waals surface area contributed by atoms with Crippen molar-refractivity contribution in [1.29, 1.82) is 0 Å². The van der Waals surface area contributed by atoms with Gasteiger partial charge >= 0.3 is 0 Å². The first-order valence-corrected chi connectivity index (χ1v) is 12.0. The highest BCUT2D eigenvalue weighted by atomic mass is 16.2. The van der Waals surface area contributed by atoms with E-state index in [1.165, 1.54) is 12.1 Å². The molecule has 2 aromatic rings. The highest BCUT2D eigenvalue weighted by molar-refractivity contribution is 6.08. The summed E-state index contributed by atoms with van der Waals surface area (Å²) in [5.41, 5.74) is 6.77. The van der Waals surface area contributed by atoms with Crippen LogP contribution in [0.25, 0.3) is 0 Å². The minimum atomic E-state index is -0.905. The van der Waals surface area contributed by atoms with Crippen LogP contribution in [0, 0.1) is 0 Å². The topological polar surface area (TPSA) is 177 Å². The lowest BCUT2D eigenvalue weighted by Crippen LogP contribution is -2.40. The first-order chi connectivity index (χ1) is 17.7. The maximum atomic E-state index is 12.4. The van der Waals surface area contributed by atoms with Gasteiger partial charge in [-0.05, 0) is 49.2 Å². The molecule has 1 aliphatic heterocycles. The highest BCUT2D eigenvalue weighted by Crippen LogP contribution is 2.15. The lowest BCUT2D eigenvalue weighted by atomic mass is 10.1. The number of unbranched alkanes of at least 4 members (excludes halogenated alkanes) is 3. The number of nitrogens with one attached hydrogen (secondary N) is 4. The molecular weight excluding hydrogens is 478 g/mol. The molecule has 0 saturated carbocycles. The second-order valence-corrected chi connectivity index (χ2v) is 8.68. The van der Waals surface area contributed by atoms with Crippen molar-refractivity contribution in [3.63, 3.8) is 0 Å². The molecule has 1 heterocycles. The molecule has 1 atom stereocenters. The van der Waals surface area contributed by atoms with Crippen molar-refractivity contribution >= 4 is 46.8 Å². The molecule has 11 heteroatoms. The molecule has 0 unspecified atom stereocenters. The molecule has 2 aromatic carbocycles. The van der Waals surface area contributed by atoms with E-state index in [0.29, 0.717) is 36.2 Å². The third-order valence-corrected chi connectivity index (χ3v) is 5.67. The zero-order chi connectivity index (χ0) is 26.8. The van der Waals surface area contributed by atoms with E-state index in [4.69, 9.17) is 5.73 Å². The van der Waals surface area contributed by atoms with E-state index in [-0.39, 0.29) is 30.2 Å². The van der Waals surface area contributed by atoms with Crippen LogP contribution >= 0.6 is 0 Å². The summed E-state index contributed by atoms with van der Waals surface area (Å²) >= 11 is 0. The Labute approximate surface area is 213 Å². The third kappa shape index (κ3) is 8.57. The monoisotopic (exact) mass is 507 g/mol. The first-order valence-electron chi connectivity index (χ1n) is 12.0. The van der Waals surface area contributed by atoms with Crippen LogP contribution in [0.3, 0.4) is 0 Å². The van der Waals surface area contributed by atoms with E-state index >= 15 is 0 Å². The Morgan fingerprint density at radius 3 is 1.86 bits per heavy atom. The zero-order valence-corrected chi connectivity index (χ0v) is 20.2. The number of hydrogen-bond donors (Lipinski definition) is 5. The molecule has 0 radical (unpaired) electrons. The van der Waals surface area contributed by atoms with Gasteiger partial charge in [0.2, 0.25) is 29.5 Å². The lowest BCUT2D eigenvalue weighted by molar-refractivity contribution is -0.125. The van der Waals surface area contributed by atoms with E-state index in [1.807, 2.05) is 0 Å². The van der Waals surface area contributed by atoms with Gasteiger partial charge in [0.1, 0.15) is 6.04 Å². The number of benzene rings is 2. The van der Waals surface area contributed by atoms with E-state index in [1.54, 1.807) is 36.4 Å². The predicted molar refractivity (Wildman–Crippen MR) is 135 cm³/mol. The summed E-state index contributed by atoms with van der Waals surface area (Å²) in [5.74, 6) is -2.43. The molecule has 1 saturated heterocycles. The summed E-state index contributed by atoms with van der Waals surface area (Å²) in [6.45, 7) is 0. The maximum absolute atomic E-state index is 12.4. The molecule has 194 valence electrons. The average Bonchev–Trinajstić information content (AvgIpc) is 3.17. The van der Waals surface area contributed by atoms with Gasteiger partial charge in [-0.1, -0.05) is 25.0 Å². The molecule has 0 spiro atoms. The predicted octanol–water partition coefficient (Wildman–Crippen LogP) is 1.85. The first kappa shape index (κ1) is 27.1. The summed E-state index contributed by atoms with van der Waals surface area (Å²) in [5, 5.41) is 10.1. The highest BCUT2D eigenvalue weighted by Gasteiger charge is 2.31. The SMILES string of the molecule is NC(=O)c1cccc(NC(=O)CCCCCCC(=O)Nc2cccc(C(=O)N[C@H]3CC(=O)NC3=O)c2)c1. The van der Waals surface area contributed by atoms with Gasteiger partial charge in [0.05, 0.1) is 6.42 Å². The molecule has 1 aliphatic rings. The average molecular weight is 508 g/mol. The molecule has 0 aromatic heterocycles. The number of carbonyl (C=O) groups is 6. The zero-order valence-electron chi connectivity index (χ0n) is 20.2. The largest absolute Gasteiger partial charge is 0.366 e. The fraction of sp³-hybridized carbons (Fsp3) is 0.308. The maximum Gasteiger partial charge on any atom is 0.252 e. The molecule has 11 nitrogen and oxygen atoms in total. The number of anilines is 2. The Hall–Kier alpha value is -4.54. The minimum absolute atomic E-state index is 0.101. The fourth-order valence-corrected chi connectivity index (χ4v) is 3.77. The second-order valence-electron chi connectivity index (χ2n) is 8.68. The van der Waals surface area contributed by atoms with E-state index in [9.17, 15) is 28.8 Å². The van der Waals surface area contributed by atoms with Crippen molar-refractivity contribution in [3.8, 4) is 0 Å². The number of rotatable bonds is 12. The lowest BCUT2D eigenvalue weighted by Gasteiger charge is -2.11. The Morgan fingerprint density at radius 2 is 1.35 bits per heavy atom. The normalized spacial score (nSPS) is 14.5. The number of nitrogens with two attached hydrogens (primary N) is 1. The van der Waals surface area contributed by atoms with Gasteiger partial charge in [0.25, 0.3) is 5.91 Å². The van der Waals surface area contributed by atoms with Crippen molar-refractivity contribution in [2.45, 2.75) is 51.0 Å². The van der Waals surface area contributed by atoms with Gasteiger partial charge in [0, 0.05) is 35.3 Å². The number of primary amides is 1. The van der Waals surface area contributed by atoms with Crippen molar-refractivity contribution in [1.82, 2.24) is 10.6 Å². The van der Waals surface area contributed by atoms with Gasteiger partial charge in [-0.3, -0.25) is 34.1 Å². The van der Waals surface area contributed by atoms with Crippen molar-refractivity contribution in [2.75, 3.05) is 10.6 Å². The van der Waals surface area contributed by atoms with E-state index in [2.05, 4.69) is 21.3 Å². The van der Waals surface area contributed by atoms with Gasteiger partial charge < -0.3 is 21.7 Å². The third-order valence-electron chi connectivity index (χ3n) is 5.67. The Balaban J connectivity index is 1.32. The van der Waals surface area contributed by atoms with Crippen LogP contribution in [0.5, 0.6) is 0 Å². The summed E-state index contributed by atoms with van der Waals surface area (Å²) in [7, 11) is 0. The number of imide groups is 1. The van der Waals surface area contributed by atoms with Gasteiger partial charge in [-0.2, -0.15) is 0 Å². The quantitative estimate of drug-likeness (QED) is 0.216. The van der Waals surface area contributed by atoms with Crippen LogP contribution < -0.4 is 27.0 Å². The van der Waals surface area contributed by atoms with Crippen molar-refractivity contribution in [2.24, 2.45) is 5.73 Å². The van der Waals surface area contributed by atoms with Gasteiger partial charge in [-0.25, -0.2) is 0 Å². The number of carbonyl (C=O) groups excluding carboxylic acids is 6. The smallest absolute Gasteiger partial charge is 0.252 e. The molecule has 0 aliphatic carbocycles. The van der Waals surface area contributed by atoms with Crippen LogP contribution in [0.2, 0.25) is 0 Å². The van der Waals surface area contributed by atoms with Crippen LogP contribution in [0.4, 0.5) is 11.4 Å². The summed E-state index contributed by atoms with van der Waals surface area (Å²) in [6.07, 6.45) is 3.34. The summed E-state index contributed by atoms with van der Waals surface area (Å²) in [6, 6.07) is 11.8. The minimum Gasteiger partial charge on any atom is -0.366 e. The van der Waals surface area contributed by atoms with Crippen LogP contribution in [0.15, 0.2) is 48.5 Å². The molecule has 37 heavy (non-hydrogen) atoms. The second kappa shape index (κ2) is 13.0. The summed E-state index contributed by atoms with van der Waals surface area (Å²) < 4.78 is 0. The Kier molecular flexibility index (Phi) is 9.48. The van der Waals surface area contributed by atoms with Crippen molar-refractivity contribution in [3.05, 3.63) is 59.7 Å². The number of hydrogen-bond acceptors (Lipinski definition) is 6. The molecule has 3 rings (SSSR count). The van der Waals surface area contributed by atoms with E-state index < -0.39 is 29.7 Å².